The number of aromatic nitrogens is 3. The van der Waals surface area contributed by atoms with Gasteiger partial charge in [-0.05, 0) is 75.1 Å². The number of fused-ring (bicyclic) bond motifs is 1. The van der Waals surface area contributed by atoms with Crippen LogP contribution in [0.3, 0.4) is 0 Å². The van der Waals surface area contributed by atoms with Crippen LogP contribution in [-0.4, -0.2) is 51.3 Å². The number of carboxylic acids is 1. The Labute approximate surface area is 194 Å². The first-order chi connectivity index (χ1) is 16.0. The van der Waals surface area contributed by atoms with E-state index < -0.39 is 5.97 Å². The molecule has 7 heteroatoms. The molecule has 0 radical (unpaired) electrons. The molecule has 33 heavy (non-hydrogen) atoms. The smallest absolute Gasteiger partial charge is 0.303 e. The fourth-order valence-electron chi connectivity index (χ4n) is 5.25. The third-order valence-electron chi connectivity index (χ3n) is 7.15. The minimum absolute atomic E-state index is 0.287. The van der Waals surface area contributed by atoms with Gasteiger partial charge in [-0.3, -0.25) is 4.79 Å². The molecule has 0 amide bonds. The summed E-state index contributed by atoms with van der Waals surface area (Å²) in [5.74, 6) is 1.51. The molecule has 1 aromatic carbocycles. The highest BCUT2D eigenvalue weighted by Crippen LogP contribution is 2.31. The zero-order valence-corrected chi connectivity index (χ0v) is 19.2. The Morgan fingerprint density at radius 2 is 1.85 bits per heavy atom. The molecule has 1 saturated heterocycles. The Bertz CT molecular complexity index is 1080. The van der Waals surface area contributed by atoms with Crippen LogP contribution in [0.2, 0.25) is 0 Å². The quantitative estimate of drug-likeness (QED) is 0.554. The van der Waals surface area contributed by atoms with Crippen LogP contribution >= 0.6 is 0 Å². The predicted octanol–water partition coefficient (Wildman–Crippen LogP) is 4.95. The van der Waals surface area contributed by atoms with Crippen molar-refractivity contribution in [3.8, 4) is 11.4 Å². The third kappa shape index (κ3) is 5.03. The molecule has 0 unspecified atom stereocenters. The van der Waals surface area contributed by atoms with E-state index in [1.54, 1.807) is 0 Å². The molecule has 2 aromatic heterocycles. The van der Waals surface area contributed by atoms with Crippen molar-refractivity contribution >= 4 is 22.8 Å². The maximum absolute atomic E-state index is 10.9. The van der Waals surface area contributed by atoms with Crippen LogP contribution in [-0.2, 0) is 9.53 Å². The SMILES string of the molecule is Cc1cc(N2CCC(O[C@H]3CC[C@H](CC(=O)O)CC3)CC2)ncc1-c1nc2ccccc2[nH]1. The predicted molar refractivity (Wildman–Crippen MR) is 128 cm³/mol. The van der Waals surface area contributed by atoms with Gasteiger partial charge in [0.15, 0.2) is 0 Å². The maximum Gasteiger partial charge on any atom is 0.303 e. The van der Waals surface area contributed by atoms with E-state index >= 15 is 0 Å². The largest absolute Gasteiger partial charge is 0.481 e. The number of nitrogens with one attached hydrogen (secondary N) is 1. The zero-order chi connectivity index (χ0) is 22.8. The number of benzene rings is 1. The summed E-state index contributed by atoms with van der Waals surface area (Å²) in [6.07, 6.45) is 8.72. The summed E-state index contributed by atoms with van der Waals surface area (Å²) >= 11 is 0. The van der Waals surface area contributed by atoms with Crippen molar-refractivity contribution in [1.29, 1.82) is 0 Å². The molecule has 1 saturated carbocycles. The molecule has 174 valence electrons. The van der Waals surface area contributed by atoms with Crippen LogP contribution in [0.15, 0.2) is 36.5 Å². The van der Waals surface area contributed by atoms with Crippen molar-refractivity contribution < 1.29 is 14.6 Å². The molecule has 1 aliphatic heterocycles. The van der Waals surface area contributed by atoms with Gasteiger partial charge in [-0.1, -0.05) is 12.1 Å². The maximum atomic E-state index is 10.9. The van der Waals surface area contributed by atoms with Crippen LogP contribution < -0.4 is 4.90 Å². The Morgan fingerprint density at radius 1 is 1.12 bits per heavy atom. The Balaban J connectivity index is 1.15. The summed E-state index contributed by atoms with van der Waals surface area (Å²) in [7, 11) is 0. The molecule has 0 atom stereocenters. The lowest BCUT2D eigenvalue weighted by atomic mass is 9.85. The summed E-state index contributed by atoms with van der Waals surface area (Å²) in [6, 6.07) is 10.2. The van der Waals surface area contributed by atoms with E-state index in [4.69, 9.17) is 19.8 Å². The summed E-state index contributed by atoms with van der Waals surface area (Å²) < 4.78 is 6.39. The molecular weight excluding hydrogens is 416 g/mol. The second-order valence-electron chi connectivity index (χ2n) is 9.52. The van der Waals surface area contributed by atoms with Gasteiger partial charge >= 0.3 is 5.97 Å². The summed E-state index contributed by atoms with van der Waals surface area (Å²) in [6.45, 7) is 4.00. The number of aliphatic carboxylic acids is 1. The number of pyridine rings is 1. The number of rotatable bonds is 6. The number of aromatic amines is 1. The van der Waals surface area contributed by atoms with Crippen molar-refractivity contribution in [3.63, 3.8) is 0 Å². The molecule has 3 heterocycles. The van der Waals surface area contributed by atoms with Crippen molar-refractivity contribution in [3.05, 3.63) is 42.1 Å². The Morgan fingerprint density at radius 3 is 2.55 bits per heavy atom. The molecule has 0 bridgehead atoms. The highest BCUT2D eigenvalue weighted by atomic mass is 16.5. The average Bonchev–Trinajstić information content (AvgIpc) is 3.24. The number of imidazole rings is 1. The van der Waals surface area contributed by atoms with Gasteiger partial charge in [-0.2, -0.15) is 0 Å². The fraction of sp³-hybridized carbons (Fsp3) is 0.500. The summed E-state index contributed by atoms with van der Waals surface area (Å²) in [5.41, 5.74) is 4.20. The van der Waals surface area contributed by atoms with Gasteiger partial charge in [0.25, 0.3) is 0 Å². The van der Waals surface area contributed by atoms with Gasteiger partial charge in [-0.25, -0.2) is 9.97 Å². The van der Waals surface area contributed by atoms with Crippen molar-refractivity contribution in [2.45, 2.75) is 64.1 Å². The second kappa shape index (κ2) is 9.51. The van der Waals surface area contributed by atoms with Crippen LogP contribution in [0.5, 0.6) is 0 Å². The first kappa shape index (κ1) is 21.9. The van der Waals surface area contributed by atoms with Crippen molar-refractivity contribution in [2.24, 2.45) is 5.92 Å². The van der Waals surface area contributed by atoms with E-state index in [1.807, 2.05) is 30.5 Å². The molecule has 2 aliphatic rings. The van der Waals surface area contributed by atoms with Crippen molar-refractivity contribution in [1.82, 2.24) is 15.0 Å². The molecule has 0 spiro atoms. The monoisotopic (exact) mass is 448 g/mol. The van der Waals surface area contributed by atoms with Crippen molar-refractivity contribution in [2.75, 3.05) is 18.0 Å². The number of anilines is 1. The van der Waals surface area contributed by atoms with Crippen LogP contribution in [0.4, 0.5) is 5.82 Å². The molecular formula is C26H32N4O3. The summed E-state index contributed by atoms with van der Waals surface area (Å²) in [5, 5.41) is 8.99. The molecule has 5 rings (SSSR count). The number of nitrogens with zero attached hydrogens (tertiary/aromatic N) is 3. The standard InChI is InChI=1S/C26H32N4O3/c1-17-14-24(27-16-21(17)26-28-22-4-2-3-5-23(22)29-26)30-12-10-20(11-13-30)33-19-8-6-18(7-9-19)15-25(31)32/h2-5,14,16,18-20H,6-13,15H2,1H3,(H,28,29)(H,31,32)/t18-,19-. The van der Waals surface area contributed by atoms with Gasteiger partial charge in [0.1, 0.15) is 11.6 Å². The number of piperidine rings is 1. The Hall–Kier alpha value is -2.93. The minimum Gasteiger partial charge on any atom is -0.481 e. The number of hydrogen-bond donors (Lipinski definition) is 2. The topological polar surface area (TPSA) is 91.3 Å². The number of H-pyrrole nitrogens is 1. The van der Waals surface area contributed by atoms with Gasteiger partial charge in [0.05, 0.1) is 23.2 Å². The lowest BCUT2D eigenvalue weighted by Gasteiger charge is -2.36. The van der Waals surface area contributed by atoms with Gasteiger partial charge in [-0.15, -0.1) is 0 Å². The van der Waals surface area contributed by atoms with Gasteiger partial charge in [0, 0.05) is 31.3 Å². The first-order valence-electron chi connectivity index (χ1n) is 12.1. The molecule has 2 N–H and O–H groups in total. The number of para-hydroxylation sites is 2. The fourth-order valence-corrected chi connectivity index (χ4v) is 5.25. The van der Waals surface area contributed by atoms with Gasteiger partial charge in [0.2, 0.25) is 0 Å². The average molecular weight is 449 g/mol. The number of carboxylic acid groups (broad SMARTS) is 1. The van der Waals surface area contributed by atoms with Gasteiger partial charge < -0.3 is 19.7 Å². The number of hydrogen-bond acceptors (Lipinski definition) is 5. The molecule has 1 aliphatic carbocycles. The van der Waals surface area contributed by atoms with Crippen LogP contribution in [0.25, 0.3) is 22.4 Å². The highest BCUT2D eigenvalue weighted by Gasteiger charge is 2.28. The zero-order valence-electron chi connectivity index (χ0n) is 19.2. The molecule has 3 aromatic rings. The van der Waals surface area contributed by atoms with E-state index in [9.17, 15) is 4.79 Å². The van der Waals surface area contributed by atoms with E-state index in [2.05, 4.69) is 22.9 Å². The van der Waals surface area contributed by atoms with E-state index in [1.165, 1.54) is 0 Å². The number of carbonyl (C=O) groups is 1. The second-order valence-corrected chi connectivity index (χ2v) is 9.52. The number of ether oxygens (including phenoxy) is 1. The van der Waals surface area contributed by atoms with Crippen LogP contribution in [0.1, 0.15) is 50.5 Å². The van der Waals surface area contributed by atoms with Crippen LogP contribution in [0, 0.1) is 12.8 Å². The minimum atomic E-state index is -0.679. The third-order valence-corrected chi connectivity index (χ3v) is 7.15. The highest BCUT2D eigenvalue weighted by molar-refractivity contribution is 5.79. The first-order valence-corrected chi connectivity index (χ1v) is 12.1. The molecule has 2 fully saturated rings. The normalized spacial score (nSPS) is 22.0. The lowest BCUT2D eigenvalue weighted by molar-refractivity contribution is -0.138. The lowest BCUT2D eigenvalue weighted by Crippen LogP contribution is -2.39. The van der Waals surface area contributed by atoms with E-state index in [0.29, 0.717) is 12.3 Å². The number of aryl methyl sites for hydroxylation is 1. The Kier molecular flexibility index (Phi) is 6.31. The molecule has 7 nitrogen and oxygen atoms in total. The van der Waals surface area contributed by atoms with E-state index in [0.717, 1.165) is 85.4 Å². The summed E-state index contributed by atoms with van der Waals surface area (Å²) in [4.78, 5) is 26.1. The van der Waals surface area contributed by atoms with E-state index in [-0.39, 0.29) is 12.2 Å².